The van der Waals surface area contributed by atoms with E-state index in [1.54, 1.807) is 17.6 Å². The Balaban J connectivity index is 1.62. The van der Waals surface area contributed by atoms with Gasteiger partial charge in [0.25, 0.3) is 5.91 Å². The number of thiophene rings is 2. The number of carbonyl (C=O) groups is 2. The molecule has 0 aliphatic carbocycles. The summed E-state index contributed by atoms with van der Waals surface area (Å²) in [5, 5.41) is 29.2. The summed E-state index contributed by atoms with van der Waals surface area (Å²) in [5.41, 5.74) is 1.18. The van der Waals surface area contributed by atoms with Crippen LogP contribution in [0.5, 0.6) is 0 Å². The summed E-state index contributed by atoms with van der Waals surface area (Å²) >= 11 is 1.97. The molecule has 0 aromatic carbocycles. The van der Waals surface area contributed by atoms with E-state index in [-0.39, 0.29) is 27.2 Å². The van der Waals surface area contributed by atoms with Crippen LogP contribution in [0.25, 0.3) is 22.7 Å². The van der Waals surface area contributed by atoms with Crippen molar-refractivity contribution in [1.29, 1.82) is 5.26 Å². The number of amides is 1. The quantitative estimate of drug-likeness (QED) is 0.200. The van der Waals surface area contributed by atoms with Crippen molar-refractivity contribution in [2.75, 3.05) is 12.4 Å². The third kappa shape index (κ3) is 4.06. The number of hydrogen-bond donors (Lipinski definition) is 1. The summed E-state index contributed by atoms with van der Waals surface area (Å²) in [6.45, 7) is 0. The highest BCUT2D eigenvalue weighted by molar-refractivity contribution is 7.17. The Morgan fingerprint density at radius 3 is 2.81 bits per heavy atom. The van der Waals surface area contributed by atoms with Crippen molar-refractivity contribution in [2.45, 2.75) is 0 Å². The van der Waals surface area contributed by atoms with Crippen LogP contribution >= 0.6 is 22.7 Å². The van der Waals surface area contributed by atoms with Gasteiger partial charge in [-0.25, -0.2) is 9.48 Å². The van der Waals surface area contributed by atoms with Gasteiger partial charge in [0.2, 0.25) is 5.95 Å². The minimum Gasteiger partial charge on any atom is -0.465 e. The summed E-state index contributed by atoms with van der Waals surface area (Å²) in [7, 11) is 1.26. The maximum atomic E-state index is 12.9. The van der Waals surface area contributed by atoms with Crippen molar-refractivity contribution < 1.29 is 19.2 Å². The number of esters is 1. The van der Waals surface area contributed by atoms with Crippen molar-refractivity contribution in [3.8, 4) is 17.7 Å². The second-order valence-corrected chi connectivity index (χ2v) is 9.07. The number of anilines is 1. The van der Waals surface area contributed by atoms with Crippen LogP contribution in [0.4, 0.5) is 10.8 Å². The molecule has 1 N–H and O–H groups in total. The molecule has 13 nitrogen and oxygen atoms in total. The van der Waals surface area contributed by atoms with Gasteiger partial charge in [-0.15, -0.1) is 11.3 Å². The molecule has 0 spiro atoms. The number of rotatable bonds is 6. The molecule has 15 heteroatoms. The van der Waals surface area contributed by atoms with E-state index in [1.165, 1.54) is 58.3 Å². The Morgan fingerprint density at radius 1 is 1.28 bits per heavy atom. The summed E-state index contributed by atoms with van der Waals surface area (Å²) < 4.78 is 7.71. The van der Waals surface area contributed by atoms with Crippen LogP contribution in [0.1, 0.15) is 24.9 Å². The molecule has 5 heterocycles. The van der Waals surface area contributed by atoms with E-state index in [2.05, 4.69) is 26.5 Å². The number of aromatic nitrogens is 5. The van der Waals surface area contributed by atoms with Gasteiger partial charge in [-0.3, -0.25) is 19.5 Å². The number of nitriles is 1. The van der Waals surface area contributed by atoms with Crippen molar-refractivity contribution in [1.82, 2.24) is 24.3 Å². The van der Waals surface area contributed by atoms with Gasteiger partial charge in [0.05, 0.1) is 39.7 Å². The van der Waals surface area contributed by atoms with Crippen molar-refractivity contribution in [3.63, 3.8) is 0 Å². The predicted octanol–water partition coefficient (Wildman–Crippen LogP) is 3.55. The Hall–Kier alpha value is -4.94. The largest absolute Gasteiger partial charge is 0.465 e. The maximum absolute atomic E-state index is 12.9. The zero-order chi connectivity index (χ0) is 25.4. The summed E-state index contributed by atoms with van der Waals surface area (Å²) in [4.78, 5) is 44.8. The van der Waals surface area contributed by atoms with Crippen LogP contribution in [0.15, 0.2) is 48.2 Å². The van der Waals surface area contributed by atoms with E-state index in [0.29, 0.717) is 21.6 Å². The molecule has 1 amide bonds. The molecule has 0 atom stereocenters. The lowest BCUT2D eigenvalue weighted by Crippen LogP contribution is -2.14. The molecule has 0 fully saturated rings. The minimum atomic E-state index is -0.600. The Morgan fingerprint density at radius 2 is 2.11 bits per heavy atom. The normalized spacial score (nSPS) is 10.8. The van der Waals surface area contributed by atoms with Crippen LogP contribution < -0.4 is 5.32 Å². The smallest absolute Gasteiger partial charge is 0.339 e. The maximum Gasteiger partial charge on any atom is 0.339 e. The van der Waals surface area contributed by atoms with Crippen LogP contribution in [0, 0.1) is 21.4 Å². The SMILES string of the molecule is COC(=O)c1ccn(-c2nc(NC(=O)c3ccc([N+](=O)[O-])s3)c3cnn(-c4csc(C#N)c4)c3n2)c1. The van der Waals surface area contributed by atoms with E-state index in [9.17, 15) is 25.0 Å². The van der Waals surface area contributed by atoms with E-state index >= 15 is 0 Å². The minimum absolute atomic E-state index is 0.103. The van der Waals surface area contributed by atoms with Crippen molar-refractivity contribution in [3.05, 3.63) is 73.7 Å². The first kappa shape index (κ1) is 22.8. The fourth-order valence-electron chi connectivity index (χ4n) is 3.27. The third-order valence-electron chi connectivity index (χ3n) is 4.93. The van der Waals surface area contributed by atoms with Gasteiger partial charge in [0, 0.05) is 23.8 Å². The lowest BCUT2D eigenvalue weighted by molar-refractivity contribution is -0.380. The van der Waals surface area contributed by atoms with Crippen LogP contribution in [-0.4, -0.2) is 48.2 Å². The van der Waals surface area contributed by atoms with Gasteiger partial charge >= 0.3 is 11.0 Å². The number of nitrogens with zero attached hydrogens (tertiary/aromatic N) is 7. The molecule has 0 aliphatic heterocycles. The van der Waals surface area contributed by atoms with Crippen molar-refractivity contribution >= 4 is 56.4 Å². The molecule has 0 unspecified atom stereocenters. The highest BCUT2D eigenvalue weighted by Crippen LogP contribution is 2.28. The number of fused-ring (bicyclic) bond motifs is 1. The van der Waals surface area contributed by atoms with E-state index in [4.69, 9.17) is 4.74 Å². The fraction of sp³-hybridized carbons (Fsp3) is 0.0476. The van der Waals surface area contributed by atoms with Crippen LogP contribution in [-0.2, 0) is 4.74 Å². The Labute approximate surface area is 209 Å². The number of carbonyl (C=O) groups excluding carboxylic acids is 2. The second-order valence-electron chi connectivity index (χ2n) is 7.09. The first-order valence-electron chi connectivity index (χ1n) is 9.95. The third-order valence-corrected chi connectivity index (χ3v) is 6.79. The summed E-state index contributed by atoms with van der Waals surface area (Å²) in [6.07, 6.45) is 4.49. The van der Waals surface area contributed by atoms with Crippen LogP contribution in [0.3, 0.4) is 0 Å². The average molecular weight is 521 g/mol. The topological polar surface area (TPSA) is 171 Å². The number of nitrogens with one attached hydrogen (secondary N) is 1. The van der Waals surface area contributed by atoms with E-state index in [1.807, 2.05) is 0 Å². The number of methoxy groups -OCH3 is 1. The molecule has 0 bridgehead atoms. The molecule has 0 saturated carbocycles. The van der Waals surface area contributed by atoms with Crippen LogP contribution in [0.2, 0.25) is 0 Å². The molecule has 0 saturated heterocycles. The zero-order valence-corrected chi connectivity index (χ0v) is 19.7. The van der Waals surface area contributed by atoms with Gasteiger partial charge in [-0.1, -0.05) is 11.3 Å². The molecular formula is C21H12N8O5S2. The molecule has 0 aliphatic rings. The standard InChI is InChI=1S/C21H12N8O5S2/c1-34-20(31)11-4-5-27(9-11)21-25-17(24-19(30)15-2-3-16(36-15)29(32)33)14-8-23-28(18(14)26-21)12-6-13(7-22)35-10-12/h2-6,8-10H,1H3,(H,24,25,26,30). The average Bonchev–Trinajstić information content (AvgIpc) is 3.68. The molecule has 0 radical (unpaired) electrons. The van der Waals surface area contributed by atoms with Gasteiger partial charge < -0.3 is 10.1 Å². The molecule has 5 rings (SSSR count). The Bertz CT molecular complexity index is 1710. The van der Waals surface area contributed by atoms with Gasteiger partial charge in [0.15, 0.2) is 5.65 Å². The van der Waals surface area contributed by atoms with Gasteiger partial charge in [-0.2, -0.15) is 20.3 Å². The first-order chi connectivity index (χ1) is 17.4. The van der Waals surface area contributed by atoms with Gasteiger partial charge in [0.1, 0.15) is 16.8 Å². The molecule has 36 heavy (non-hydrogen) atoms. The second kappa shape index (κ2) is 9.02. The number of hydrogen-bond acceptors (Lipinski definition) is 11. The highest BCUT2D eigenvalue weighted by atomic mass is 32.1. The highest BCUT2D eigenvalue weighted by Gasteiger charge is 2.21. The number of ether oxygens (including phenoxy) is 1. The predicted molar refractivity (Wildman–Crippen MR) is 129 cm³/mol. The summed E-state index contributed by atoms with van der Waals surface area (Å²) in [5.74, 6) is -0.930. The molecule has 5 aromatic rings. The lowest BCUT2D eigenvalue weighted by atomic mass is 10.3. The number of nitro groups is 1. The van der Waals surface area contributed by atoms with Crippen molar-refractivity contribution in [2.24, 2.45) is 0 Å². The van der Waals surface area contributed by atoms with E-state index < -0.39 is 16.8 Å². The monoisotopic (exact) mass is 520 g/mol. The zero-order valence-electron chi connectivity index (χ0n) is 18.1. The Kier molecular flexibility index (Phi) is 5.72. The first-order valence-corrected chi connectivity index (χ1v) is 11.6. The molecular weight excluding hydrogens is 508 g/mol. The van der Waals surface area contributed by atoms with Gasteiger partial charge in [-0.05, 0) is 18.2 Å². The molecule has 178 valence electrons. The summed E-state index contributed by atoms with van der Waals surface area (Å²) in [6, 6.07) is 7.84. The van der Waals surface area contributed by atoms with E-state index in [0.717, 1.165) is 11.3 Å². The fourth-order valence-corrected chi connectivity index (χ4v) is 4.64. The molecule has 5 aromatic heterocycles. The lowest BCUT2D eigenvalue weighted by Gasteiger charge is -2.09.